The highest BCUT2D eigenvalue weighted by molar-refractivity contribution is 7.98. The predicted octanol–water partition coefficient (Wildman–Crippen LogP) is 4.95. The van der Waals surface area contributed by atoms with Gasteiger partial charge in [0.1, 0.15) is 0 Å². The Morgan fingerprint density at radius 3 is 2.50 bits per heavy atom. The van der Waals surface area contributed by atoms with Crippen LogP contribution < -0.4 is 0 Å². The summed E-state index contributed by atoms with van der Waals surface area (Å²) in [5, 5.41) is 2.13. The van der Waals surface area contributed by atoms with Gasteiger partial charge in [-0.05, 0) is 55.9 Å². The van der Waals surface area contributed by atoms with E-state index in [1.54, 1.807) is 0 Å². The van der Waals surface area contributed by atoms with Crippen molar-refractivity contribution in [2.45, 2.75) is 63.0 Å². The van der Waals surface area contributed by atoms with E-state index in [2.05, 4.69) is 70.3 Å². The summed E-state index contributed by atoms with van der Waals surface area (Å²) < 4.78 is 0. The van der Waals surface area contributed by atoms with Crippen molar-refractivity contribution in [3.63, 3.8) is 0 Å². The Kier molecular flexibility index (Phi) is 4.12. The van der Waals surface area contributed by atoms with Crippen LogP contribution >= 0.6 is 11.8 Å². The van der Waals surface area contributed by atoms with E-state index in [1.807, 2.05) is 11.8 Å². The number of benzene rings is 1. The molecule has 3 rings (SSSR count). The molecule has 22 heavy (non-hydrogen) atoms. The normalized spacial score (nSPS) is 33.6. The number of hydrogen-bond acceptors (Lipinski definition) is 3. The second-order valence-electron chi connectivity index (χ2n) is 7.98. The lowest BCUT2D eigenvalue weighted by atomic mass is 9.55. The second-order valence-corrected chi connectivity index (χ2v) is 8.83. The molecular weight excluding hydrogens is 290 g/mol. The minimum absolute atomic E-state index is 0.0874. The van der Waals surface area contributed by atoms with Gasteiger partial charge < -0.3 is 0 Å². The maximum absolute atomic E-state index is 6.20. The van der Waals surface area contributed by atoms with Crippen LogP contribution in [-0.4, -0.2) is 30.0 Å². The molecule has 1 aromatic carbocycles. The van der Waals surface area contributed by atoms with Gasteiger partial charge in [0.25, 0.3) is 0 Å². The third kappa shape index (κ3) is 2.42. The van der Waals surface area contributed by atoms with Gasteiger partial charge in [0.2, 0.25) is 0 Å². The molecule has 3 atom stereocenters. The Labute approximate surface area is 139 Å². The summed E-state index contributed by atoms with van der Waals surface area (Å²) in [6.07, 6.45) is 4.66. The van der Waals surface area contributed by atoms with Crippen LogP contribution in [0.15, 0.2) is 29.2 Å². The standard InChI is InChI=1S/C19H29NOS/c1-18(2)14(13-9-7-8-10-16(13)22-6)11-12-15-17(18)19(3,4)21-20(15)5/h7-10,14-15,17H,11-12H2,1-6H3. The molecule has 1 aliphatic carbocycles. The SMILES string of the molecule is CSc1ccccc1C1CCC2C(C(C)(C)ON2C)C1(C)C. The zero-order valence-corrected chi connectivity index (χ0v) is 15.5. The Hall–Kier alpha value is -0.510. The van der Waals surface area contributed by atoms with Crippen LogP contribution in [0.2, 0.25) is 0 Å². The topological polar surface area (TPSA) is 12.5 Å². The quantitative estimate of drug-likeness (QED) is 0.715. The van der Waals surface area contributed by atoms with Crippen molar-refractivity contribution in [2.75, 3.05) is 13.3 Å². The first-order chi connectivity index (χ1) is 10.3. The summed E-state index contributed by atoms with van der Waals surface area (Å²) in [7, 11) is 2.11. The molecule has 2 nitrogen and oxygen atoms in total. The lowest BCUT2D eigenvalue weighted by Gasteiger charge is -2.50. The maximum atomic E-state index is 6.20. The average molecular weight is 320 g/mol. The number of thioether (sulfide) groups is 1. The molecule has 1 aliphatic heterocycles. The third-order valence-corrected chi connectivity index (χ3v) is 6.76. The number of nitrogens with zero attached hydrogens (tertiary/aromatic N) is 1. The lowest BCUT2D eigenvalue weighted by Crippen LogP contribution is -2.50. The predicted molar refractivity (Wildman–Crippen MR) is 94.2 cm³/mol. The minimum Gasteiger partial charge on any atom is -0.293 e. The van der Waals surface area contributed by atoms with Crippen molar-refractivity contribution in [3.8, 4) is 0 Å². The van der Waals surface area contributed by atoms with Crippen LogP contribution in [0, 0.1) is 11.3 Å². The van der Waals surface area contributed by atoms with E-state index in [1.165, 1.54) is 23.3 Å². The monoisotopic (exact) mass is 319 g/mol. The van der Waals surface area contributed by atoms with Crippen molar-refractivity contribution in [3.05, 3.63) is 29.8 Å². The van der Waals surface area contributed by atoms with Crippen LogP contribution in [0.5, 0.6) is 0 Å². The van der Waals surface area contributed by atoms with Crippen molar-refractivity contribution in [2.24, 2.45) is 11.3 Å². The molecule has 1 saturated carbocycles. The fraction of sp³-hybridized carbons (Fsp3) is 0.684. The molecule has 0 bridgehead atoms. The van der Waals surface area contributed by atoms with Crippen LogP contribution in [0.1, 0.15) is 52.0 Å². The lowest BCUT2D eigenvalue weighted by molar-refractivity contribution is -0.180. The highest BCUT2D eigenvalue weighted by atomic mass is 32.2. The van der Waals surface area contributed by atoms with E-state index in [9.17, 15) is 0 Å². The zero-order valence-electron chi connectivity index (χ0n) is 14.7. The highest BCUT2D eigenvalue weighted by Gasteiger charge is 2.58. The van der Waals surface area contributed by atoms with Crippen molar-refractivity contribution in [1.29, 1.82) is 0 Å². The second kappa shape index (κ2) is 5.54. The summed E-state index contributed by atoms with van der Waals surface area (Å²) in [4.78, 5) is 7.63. The fourth-order valence-corrected chi connectivity index (χ4v) is 6.01. The Morgan fingerprint density at radius 2 is 1.82 bits per heavy atom. The van der Waals surface area contributed by atoms with E-state index in [4.69, 9.17) is 4.84 Å². The largest absolute Gasteiger partial charge is 0.293 e. The van der Waals surface area contributed by atoms with Gasteiger partial charge in [-0.25, -0.2) is 0 Å². The Morgan fingerprint density at radius 1 is 1.14 bits per heavy atom. The van der Waals surface area contributed by atoms with Crippen LogP contribution in [-0.2, 0) is 4.84 Å². The number of hydroxylamine groups is 2. The molecule has 0 spiro atoms. The van der Waals surface area contributed by atoms with Gasteiger partial charge in [-0.1, -0.05) is 32.0 Å². The van der Waals surface area contributed by atoms with Crippen molar-refractivity contribution in [1.82, 2.24) is 5.06 Å². The molecular formula is C19H29NOS. The summed E-state index contributed by atoms with van der Waals surface area (Å²) in [6, 6.07) is 9.50. The van der Waals surface area contributed by atoms with Gasteiger partial charge in [-0.3, -0.25) is 4.84 Å². The molecule has 0 aromatic heterocycles. The summed E-state index contributed by atoms with van der Waals surface area (Å²) in [5.74, 6) is 1.16. The summed E-state index contributed by atoms with van der Waals surface area (Å²) in [6.45, 7) is 9.43. The Balaban J connectivity index is 2.02. The fourth-order valence-electron chi connectivity index (χ4n) is 5.35. The minimum atomic E-state index is -0.0874. The van der Waals surface area contributed by atoms with Gasteiger partial charge in [0.05, 0.1) is 5.60 Å². The Bertz CT molecular complexity index is 554. The van der Waals surface area contributed by atoms with Gasteiger partial charge >= 0.3 is 0 Å². The van der Waals surface area contributed by atoms with Crippen molar-refractivity contribution >= 4 is 11.8 Å². The van der Waals surface area contributed by atoms with Gasteiger partial charge in [-0.2, -0.15) is 5.06 Å². The van der Waals surface area contributed by atoms with Gasteiger partial charge in [0.15, 0.2) is 0 Å². The summed E-state index contributed by atoms with van der Waals surface area (Å²) >= 11 is 1.87. The molecule has 0 radical (unpaired) electrons. The van der Waals surface area contributed by atoms with Crippen LogP contribution in [0.25, 0.3) is 0 Å². The van der Waals surface area contributed by atoms with E-state index in [-0.39, 0.29) is 11.0 Å². The molecule has 1 heterocycles. The molecule has 1 saturated heterocycles. The maximum Gasteiger partial charge on any atom is 0.0892 e. The first kappa shape index (κ1) is 16.4. The van der Waals surface area contributed by atoms with E-state index in [0.29, 0.717) is 17.9 Å². The van der Waals surface area contributed by atoms with E-state index < -0.39 is 0 Å². The van der Waals surface area contributed by atoms with Crippen molar-refractivity contribution < 1.29 is 4.84 Å². The first-order valence-electron chi connectivity index (χ1n) is 8.34. The smallest absolute Gasteiger partial charge is 0.0892 e. The van der Waals surface area contributed by atoms with E-state index >= 15 is 0 Å². The average Bonchev–Trinajstić information content (AvgIpc) is 2.69. The van der Waals surface area contributed by atoms with Gasteiger partial charge in [0, 0.05) is 23.9 Å². The molecule has 2 aliphatic rings. The molecule has 2 fully saturated rings. The van der Waals surface area contributed by atoms with E-state index in [0.717, 1.165) is 0 Å². The van der Waals surface area contributed by atoms with Gasteiger partial charge in [-0.15, -0.1) is 11.8 Å². The molecule has 0 amide bonds. The van der Waals surface area contributed by atoms with Crippen LogP contribution in [0.3, 0.4) is 0 Å². The molecule has 3 heteroatoms. The zero-order chi connectivity index (χ0) is 16.1. The molecule has 122 valence electrons. The molecule has 3 unspecified atom stereocenters. The molecule has 0 N–H and O–H groups in total. The first-order valence-corrected chi connectivity index (χ1v) is 9.56. The highest BCUT2D eigenvalue weighted by Crippen LogP contribution is 2.59. The van der Waals surface area contributed by atoms with Crippen LogP contribution in [0.4, 0.5) is 0 Å². The number of hydrogen-bond donors (Lipinski definition) is 0. The summed E-state index contributed by atoms with van der Waals surface area (Å²) in [5.41, 5.74) is 1.67. The number of rotatable bonds is 2. The number of fused-ring (bicyclic) bond motifs is 1. The third-order valence-electron chi connectivity index (χ3n) is 5.95. The molecule has 1 aromatic rings.